The van der Waals surface area contributed by atoms with Crippen LogP contribution in [0.2, 0.25) is 0 Å². The van der Waals surface area contributed by atoms with Gasteiger partial charge in [0.2, 0.25) is 0 Å². The van der Waals surface area contributed by atoms with Crippen LogP contribution in [-0.2, 0) is 0 Å². The van der Waals surface area contributed by atoms with Gasteiger partial charge in [0.1, 0.15) is 0 Å². The van der Waals surface area contributed by atoms with Gasteiger partial charge in [-0.3, -0.25) is 0 Å². The van der Waals surface area contributed by atoms with E-state index in [0.29, 0.717) is 0 Å². The lowest BCUT2D eigenvalue weighted by molar-refractivity contribution is 1.00. The first-order chi connectivity index (χ1) is 2.93. The lowest BCUT2D eigenvalue weighted by Gasteiger charge is -1.83. The van der Waals surface area contributed by atoms with E-state index < -0.39 is 0 Å². The highest BCUT2D eigenvalue weighted by atomic mass is 32.2. The maximum atomic E-state index is 2.18. The molecule has 1 saturated carbocycles. The predicted molar refractivity (Wildman–Crippen MR) is 31.1 cm³/mol. The number of rotatable bonds is 2. The summed E-state index contributed by atoms with van der Waals surface area (Å²) in [7, 11) is 0. The van der Waals surface area contributed by atoms with Gasteiger partial charge in [-0.1, -0.05) is 0 Å². The van der Waals surface area contributed by atoms with Gasteiger partial charge in [-0.15, -0.1) is 0 Å². The molecule has 0 spiro atoms. The van der Waals surface area contributed by atoms with Crippen LogP contribution in [0, 0.1) is 5.92 Å². The third-order valence-electron chi connectivity index (χ3n) is 1.10. The smallest absolute Gasteiger partial charge is 0.00419 e. The molecule has 1 aliphatic rings. The highest BCUT2D eigenvalue weighted by Crippen LogP contribution is 2.31. The van der Waals surface area contributed by atoms with Gasteiger partial charge >= 0.3 is 0 Å². The zero-order valence-corrected chi connectivity index (χ0v) is 4.92. The van der Waals surface area contributed by atoms with E-state index in [1.807, 2.05) is 11.8 Å². The van der Waals surface area contributed by atoms with Crippen LogP contribution < -0.4 is 0 Å². The maximum absolute atomic E-state index is 2.18. The first kappa shape index (κ1) is 4.51. The fraction of sp³-hybridized carbons (Fsp3) is 1.00. The van der Waals surface area contributed by atoms with Crippen LogP contribution >= 0.6 is 11.8 Å². The van der Waals surface area contributed by atoms with E-state index in [0.717, 1.165) is 5.92 Å². The van der Waals surface area contributed by atoms with Gasteiger partial charge in [0.05, 0.1) is 0 Å². The molecule has 6 heavy (non-hydrogen) atoms. The van der Waals surface area contributed by atoms with Crippen molar-refractivity contribution in [2.45, 2.75) is 12.8 Å². The Balaban J connectivity index is 1.88. The van der Waals surface area contributed by atoms with E-state index in [1.165, 1.54) is 18.6 Å². The molecule has 1 aliphatic carbocycles. The molecule has 0 amide bonds. The topological polar surface area (TPSA) is 0 Å². The van der Waals surface area contributed by atoms with Gasteiger partial charge in [0, 0.05) is 0 Å². The Bertz CT molecular complexity index is 39.2. The molecule has 0 saturated heterocycles. The van der Waals surface area contributed by atoms with Crippen molar-refractivity contribution in [2.75, 3.05) is 12.0 Å². The van der Waals surface area contributed by atoms with Gasteiger partial charge in [-0.25, -0.2) is 0 Å². The second-order valence-electron chi connectivity index (χ2n) is 1.90. The second-order valence-corrected chi connectivity index (χ2v) is 2.81. The molecule has 1 heteroatoms. The molecular weight excluding hydrogens is 92.1 g/mol. The maximum Gasteiger partial charge on any atom is -0.00419 e. The zero-order chi connectivity index (χ0) is 4.41. The molecule has 0 heterocycles. The quantitative estimate of drug-likeness (QED) is 0.512. The minimum atomic E-state index is 1.11. The summed E-state index contributed by atoms with van der Waals surface area (Å²) in [6, 6.07) is 0. The molecule has 0 radical (unpaired) electrons. The van der Waals surface area contributed by atoms with Crippen molar-refractivity contribution < 1.29 is 0 Å². The minimum absolute atomic E-state index is 1.11. The Morgan fingerprint density at radius 2 is 2.33 bits per heavy atom. The molecule has 0 aromatic carbocycles. The van der Waals surface area contributed by atoms with Crippen molar-refractivity contribution in [3.05, 3.63) is 0 Å². The van der Waals surface area contributed by atoms with Crippen LogP contribution in [-0.4, -0.2) is 12.0 Å². The largest absolute Gasteiger partial charge is 0.165 e. The summed E-state index contributed by atoms with van der Waals surface area (Å²) in [5.41, 5.74) is 0. The molecule has 1 fully saturated rings. The predicted octanol–water partition coefficient (Wildman–Crippen LogP) is 1.76. The Kier molecular flexibility index (Phi) is 1.41. The molecule has 0 atom stereocenters. The Labute approximate surface area is 43.3 Å². The second kappa shape index (κ2) is 1.87. The standard InChI is InChI=1S/C5H10S/c1-6-4-5-2-3-5/h5H,2-4H2,1H3. The third-order valence-corrected chi connectivity index (χ3v) is 1.90. The first-order valence-electron chi connectivity index (χ1n) is 2.42. The first-order valence-corrected chi connectivity index (χ1v) is 3.82. The third kappa shape index (κ3) is 1.21. The summed E-state index contributed by atoms with van der Waals surface area (Å²) in [5, 5.41) is 0. The Morgan fingerprint density at radius 3 is 2.50 bits per heavy atom. The van der Waals surface area contributed by atoms with E-state index in [-0.39, 0.29) is 0 Å². The van der Waals surface area contributed by atoms with Crippen molar-refractivity contribution in [3.63, 3.8) is 0 Å². The van der Waals surface area contributed by atoms with E-state index in [2.05, 4.69) is 6.26 Å². The number of thioether (sulfide) groups is 1. The Morgan fingerprint density at radius 1 is 1.67 bits per heavy atom. The van der Waals surface area contributed by atoms with Gasteiger partial charge in [-0.2, -0.15) is 11.8 Å². The summed E-state index contributed by atoms with van der Waals surface area (Å²) in [4.78, 5) is 0. The van der Waals surface area contributed by atoms with Crippen LogP contribution in [0.5, 0.6) is 0 Å². The van der Waals surface area contributed by atoms with Crippen LogP contribution in [0.15, 0.2) is 0 Å². The van der Waals surface area contributed by atoms with Crippen molar-refractivity contribution in [3.8, 4) is 0 Å². The van der Waals surface area contributed by atoms with E-state index >= 15 is 0 Å². The molecule has 1 rings (SSSR count). The van der Waals surface area contributed by atoms with Crippen molar-refractivity contribution >= 4 is 11.8 Å². The van der Waals surface area contributed by atoms with Crippen LogP contribution in [0.3, 0.4) is 0 Å². The average Bonchev–Trinajstić information content (AvgIpc) is 2.21. The summed E-state index contributed by atoms with van der Waals surface area (Å²) in [6.07, 6.45) is 5.18. The number of hydrogen-bond acceptors (Lipinski definition) is 1. The molecule has 0 aliphatic heterocycles. The summed E-state index contributed by atoms with van der Waals surface area (Å²) >= 11 is 1.97. The molecule has 0 N–H and O–H groups in total. The van der Waals surface area contributed by atoms with Gasteiger partial charge < -0.3 is 0 Å². The fourth-order valence-corrected chi connectivity index (χ4v) is 1.32. The summed E-state index contributed by atoms with van der Waals surface area (Å²) in [5.74, 6) is 2.51. The number of hydrogen-bond donors (Lipinski definition) is 0. The fourth-order valence-electron chi connectivity index (χ4n) is 0.520. The lowest BCUT2D eigenvalue weighted by Crippen LogP contribution is -1.74. The van der Waals surface area contributed by atoms with Crippen LogP contribution in [0.25, 0.3) is 0 Å². The average molecular weight is 102 g/mol. The van der Waals surface area contributed by atoms with Crippen molar-refractivity contribution in [1.29, 1.82) is 0 Å². The summed E-state index contributed by atoms with van der Waals surface area (Å²) in [6.45, 7) is 0. The lowest BCUT2D eigenvalue weighted by atomic mass is 10.5. The highest BCUT2D eigenvalue weighted by Gasteiger charge is 2.19. The SMILES string of the molecule is CSCC1CC1. The van der Waals surface area contributed by atoms with Crippen molar-refractivity contribution in [2.24, 2.45) is 5.92 Å². The molecule has 0 unspecified atom stereocenters. The molecule has 0 aromatic heterocycles. The van der Waals surface area contributed by atoms with Gasteiger partial charge in [0.15, 0.2) is 0 Å². The molecular formula is C5H10S. The van der Waals surface area contributed by atoms with E-state index in [9.17, 15) is 0 Å². The van der Waals surface area contributed by atoms with Crippen LogP contribution in [0.4, 0.5) is 0 Å². The zero-order valence-electron chi connectivity index (χ0n) is 4.11. The van der Waals surface area contributed by atoms with E-state index in [4.69, 9.17) is 0 Å². The van der Waals surface area contributed by atoms with Crippen molar-refractivity contribution in [1.82, 2.24) is 0 Å². The minimum Gasteiger partial charge on any atom is -0.165 e. The van der Waals surface area contributed by atoms with Gasteiger partial charge in [-0.05, 0) is 30.8 Å². The molecule has 0 nitrogen and oxygen atoms in total. The molecule has 36 valence electrons. The van der Waals surface area contributed by atoms with E-state index in [1.54, 1.807) is 0 Å². The normalized spacial score (nSPS) is 21.5. The summed E-state index contributed by atoms with van der Waals surface area (Å²) < 4.78 is 0. The highest BCUT2D eigenvalue weighted by molar-refractivity contribution is 7.98. The molecule has 0 bridgehead atoms. The van der Waals surface area contributed by atoms with Gasteiger partial charge in [0.25, 0.3) is 0 Å². The Hall–Kier alpha value is 0.350. The monoisotopic (exact) mass is 102 g/mol. The van der Waals surface area contributed by atoms with Crippen LogP contribution in [0.1, 0.15) is 12.8 Å². The molecule has 0 aromatic rings.